The zero-order chi connectivity index (χ0) is 27.2. The smallest absolute Gasteiger partial charge is 0.410 e. The van der Waals surface area contributed by atoms with E-state index in [2.05, 4.69) is 30.3 Å². The Bertz CT molecular complexity index is 1510. The third kappa shape index (κ3) is 4.86. The van der Waals surface area contributed by atoms with E-state index in [1.54, 1.807) is 11.0 Å². The molecule has 0 saturated carbocycles. The number of nitrogens with zero attached hydrogens (tertiary/aromatic N) is 1. The summed E-state index contributed by atoms with van der Waals surface area (Å²) >= 11 is 0. The highest BCUT2D eigenvalue weighted by molar-refractivity contribution is 6.00. The fourth-order valence-corrected chi connectivity index (χ4v) is 5.29. The Balaban J connectivity index is 1.45. The number of hydrogen-bond donors (Lipinski definition) is 1. The molecule has 38 heavy (non-hydrogen) atoms. The van der Waals surface area contributed by atoms with Gasteiger partial charge in [0, 0.05) is 24.2 Å². The average molecular weight is 509 g/mol. The Hall–Kier alpha value is -4.19. The Morgan fingerprint density at radius 1 is 0.974 bits per heavy atom. The summed E-state index contributed by atoms with van der Waals surface area (Å²) in [6.07, 6.45) is 4.04. The van der Waals surface area contributed by atoms with Crippen molar-refractivity contribution in [2.24, 2.45) is 5.73 Å². The molecule has 194 valence electrons. The van der Waals surface area contributed by atoms with Crippen molar-refractivity contribution in [3.63, 3.8) is 0 Å². The van der Waals surface area contributed by atoms with Gasteiger partial charge in [-0.05, 0) is 103 Å². The van der Waals surface area contributed by atoms with Gasteiger partial charge in [-0.25, -0.2) is 4.79 Å². The molecule has 0 aromatic heterocycles. The van der Waals surface area contributed by atoms with E-state index in [1.807, 2.05) is 45.9 Å². The van der Waals surface area contributed by atoms with E-state index in [0.29, 0.717) is 30.6 Å². The molecule has 2 amide bonds. The minimum atomic E-state index is -0.516. The van der Waals surface area contributed by atoms with Crippen molar-refractivity contribution in [1.29, 1.82) is 0 Å². The lowest BCUT2D eigenvalue weighted by molar-refractivity contribution is 0.0270. The van der Waals surface area contributed by atoms with E-state index in [1.165, 1.54) is 5.57 Å². The van der Waals surface area contributed by atoms with E-state index in [0.717, 1.165) is 57.2 Å². The predicted molar refractivity (Wildman–Crippen MR) is 149 cm³/mol. The number of carbonyl (C=O) groups is 3. The lowest BCUT2D eigenvalue weighted by atomic mass is 9.92. The summed E-state index contributed by atoms with van der Waals surface area (Å²) in [5.41, 5.74) is 15.7. The molecule has 0 spiro atoms. The number of ether oxygens (including phenoxy) is 1. The first-order valence-electron chi connectivity index (χ1n) is 12.9. The number of benzene rings is 3. The van der Waals surface area contributed by atoms with Gasteiger partial charge in [0.2, 0.25) is 5.91 Å². The predicted octanol–water partition coefficient (Wildman–Crippen LogP) is 6.17. The fraction of sp³-hybridized carbons (Fsp3) is 0.281. The second kappa shape index (κ2) is 9.60. The second-order valence-corrected chi connectivity index (χ2v) is 11.1. The minimum Gasteiger partial charge on any atom is -0.444 e. The van der Waals surface area contributed by atoms with Crippen molar-refractivity contribution < 1.29 is 19.1 Å². The molecule has 0 fully saturated rings. The first kappa shape index (κ1) is 25.5. The quantitative estimate of drug-likeness (QED) is 0.334. The number of primary amides is 1. The molecule has 5 rings (SSSR count). The lowest BCUT2D eigenvalue weighted by Crippen LogP contribution is -2.39. The van der Waals surface area contributed by atoms with Gasteiger partial charge < -0.3 is 15.4 Å². The number of amides is 2. The molecule has 2 N–H and O–H groups in total. The van der Waals surface area contributed by atoms with Gasteiger partial charge in [0.05, 0.1) is 0 Å². The Kier molecular flexibility index (Phi) is 6.43. The highest BCUT2D eigenvalue weighted by atomic mass is 16.6. The van der Waals surface area contributed by atoms with Gasteiger partial charge in [-0.2, -0.15) is 0 Å². The van der Waals surface area contributed by atoms with E-state index < -0.39 is 11.5 Å². The maximum absolute atomic E-state index is 12.5. The number of carbonyl (C=O) groups excluding carboxylic acids is 3. The number of nitrogens with two attached hydrogens (primary N) is 1. The molecule has 6 heteroatoms. The molecular formula is C32H32N2O4. The number of rotatable bonds is 4. The van der Waals surface area contributed by atoms with E-state index in [9.17, 15) is 14.4 Å². The largest absolute Gasteiger partial charge is 0.444 e. The molecular weight excluding hydrogens is 476 g/mol. The first-order chi connectivity index (χ1) is 18.0. The molecule has 1 aliphatic carbocycles. The normalized spacial score (nSPS) is 14.4. The van der Waals surface area contributed by atoms with Crippen molar-refractivity contribution in [3.05, 3.63) is 88.0 Å². The number of fused-ring (bicyclic) bond motifs is 3. The van der Waals surface area contributed by atoms with Gasteiger partial charge in [0.15, 0.2) is 0 Å². The van der Waals surface area contributed by atoms with Crippen LogP contribution in [0, 0.1) is 6.92 Å². The number of aldehydes is 1. The summed E-state index contributed by atoms with van der Waals surface area (Å²) in [7, 11) is 0. The van der Waals surface area contributed by atoms with Crippen molar-refractivity contribution in [2.75, 3.05) is 13.1 Å². The van der Waals surface area contributed by atoms with Gasteiger partial charge in [-0.1, -0.05) is 42.5 Å². The summed E-state index contributed by atoms with van der Waals surface area (Å²) in [4.78, 5) is 37.9. The van der Waals surface area contributed by atoms with Gasteiger partial charge in [-0.15, -0.1) is 0 Å². The van der Waals surface area contributed by atoms with Crippen LogP contribution in [-0.4, -0.2) is 41.9 Å². The maximum atomic E-state index is 12.5. The summed E-state index contributed by atoms with van der Waals surface area (Å²) in [5, 5.41) is 0. The topological polar surface area (TPSA) is 89.7 Å². The molecule has 1 aliphatic heterocycles. The van der Waals surface area contributed by atoms with Crippen LogP contribution in [0.5, 0.6) is 0 Å². The Morgan fingerprint density at radius 3 is 2.37 bits per heavy atom. The summed E-state index contributed by atoms with van der Waals surface area (Å²) in [6, 6.07) is 16.1. The van der Waals surface area contributed by atoms with E-state index in [-0.39, 0.29) is 6.09 Å². The minimum absolute atomic E-state index is 0.289. The summed E-state index contributed by atoms with van der Waals surface area (Å²) in [6.45, 7) is 8.63. The van der Waals surface area contributed by atoms with Crippen LogP contribution in [0.1, 0.15) is 70.2 Å². The Morgan fingerprint density at radius 2 is 1.74 bits per heavy atom. The van der Waals surface area contributed by atoms with Crippen LogP contribution in [0.3, 0.4) is 0 Å². The second-order valence-electron chi connectivity index (χ2n) is 11.1. The summed E-state index contributed by atoms with van der Waals surface area (Å²) in [5.74, 6) is -0.449. The van der Waals surface area contributed by atoms with Crippen molar-refractivity contribution in [3.8, 4) is 22.3 Å². The van der Waals surface area contributed by atoms with Crippen LogP contribution in [0.4, 0.5) is 4.79 Å². The highest BCUT2D eigenvalue weighted by Crippen LogP contribution is 2.42. The SMILES string of the molecule is Cc1cc(-c2cc(C(N)=O)c3c(c2)-c2ccc(C4=CCN(C(=O)OC(C)(C)C)CC4)cc2C3)ccc1C=O. The van der Waals surface area contributed by atoms with Crippen LogP contribution in [-0.2, 0) is 11.2 Å². The summed E-state index contributed by atoms with van der Waals surface area (Å²) < 4.78 is 5.51. The molecule has 3 aromatic rings. The zero-order valence-electron chi connectivity index (χ0n) is 22.3. The number of aryl methyl sites for hydroxylation is 1. The average Bonchev–Trinajstić information content (AvgIpc) is 3.24. The third-order valence-electron chi connectivity index (χ3n) is 7.24. The van der Waals surface area contributed by atoms with E-state index in [4.69, 9.17) is 10.5 Å². The van der Waals surface area contributed by atoms with Crippen LogP contribution in [0.15, 0.2) is 54.6 Å². The molecule has 3 aromatic carbocycles. The van der Waals surface area contributed by atoms with Gasteiger partial charge >= 0.3 is 6.09 Å². The molecule has 1 heterocycles. The molecule has 0 atom stereocenters. The molecule has 0 unspecified atom stereocenters. The van der Waals surface area contributed by atoms with Crippen LogP contribution in [0.25, 0.3) is 27.8 Å². The van der Waals surface area contributed by atoms with Crippen LogP contribution >= 0.6 is 0 Å². The van der Waals surface area contributed by atoms with Crippen LogP contribution < -0.4 is 5.73 Å². The first-order valence-corrected chi connectivity index (χ1v) is 12.9. The number of hydrogen-bond acceptors (Lipinski definition) is 4. The zero-order valence-corrected chi connectivity index (χ0v) is 22.3. The highest BCUT2D eigenvalue weighted by Gasteiger charge is 2.27. The molecule has 0 bridgehead atoms. The molecule has 0 saturated heterocycles. The standard InChI is InChI=1S/C32H32N2O4/c1-19-13-21(5-6-23(19)18-35)24-15-27-26-8-7-22(14-25(26)17-28(27)29(16-24)30(33)36)20-9-11-34(12-10-20)31(37)38-32(2,3)4/h5-9,13-16,18H,10-12,17H2,1-4H3,(H2,33,36). The molecule has 6 nitrogen and oxygen atoms in total. The van der Waals surface area contributed by atoms with Gasteiger partial charge in [-0.3, -0.25) is 9.59 Å². The van der Waals surface area contributed by atoms with Crippen LogP contribution in [0.2, 0.25) is 0 Å². The third-order valence-corrected chi connectivity index (χ3v) is 7.24. The van der Waals surface area contributed by atoms with E-state index >= 15 is 0 Å². The fourth-order valence-electron chi connectivity index (χ4n) is 5.29. The lowest BCUT2D eigenvalue weighted by Gasteiger charge is -2.29. The van der Waals surface area contributed by atoms with Crippen molar-refractivity contribution in [1.82, 2.24) is 4.90 Å². The van der Waals surface area contributed by atoms with Crippen molar-refractivity contribution in [2.45, 2.75) is 46.1 Å². The van der Waals surface area contributed by atoms with Crippen molar-refractivity contribution >= 4 is 23.9 Å². The Labute approximate surface area is 223 Å². The van der Waals surface area contributed by atoms with Gasteiger partial charge in [0.25, 0.3) is 0 Å². The molecule has 2 aliphatic rings. The maximum Gasteiger partial charge on any atom is 0.410 e. The molecule has 0 radical (unpaired) electrons. The monoisotopic (exact) mass is 508 g/mol. The van der Waals surface area contributed by atoms with Gasteiger partial charge in [0.1, 0.15) is 11.9 Å².